The standard InChI is InChI=1S/C24H32N2O9/c1-5-17(27)13-34-19(29)15-8-10-16(11-9-15)20(30)35-14-18(28)12-26-22(32)24(6-2,7-3)21(31)25(4)23(26)33/h8-11,17-18,27-28H,5-7,12-14H2,1-4H3. The van der Waals surface area contributed by atoms with Crippen molar-refractivity contribution in [1.82, 2.24) is 9.80 Å². The van der Waals surface area contributed by atoms with Gasteiger partial charge in [-0.25, -0.2) is 14.4 Å². The van der Waals surface area contributed by atoms with Crippen molar-refractivity contribution in [3.63, 3.8) is 0 Å². The van der Waals surface area contributed by atoms with Gasteiger partial charge in [-0.05, 0) is 43.5 Å². The predicted octanol–water partition coefficient (Wildman–Crippen LogP) is 1.36. The van der Waals surface area contributed by atoms with Gasteiger partial charge in [-0.3, -0.25) is 19.4 Å². The summed E-state index contributed by atoms with van der Waals surface area (Å²) in [6, 6.07) is 4.56. The largest absolute Gasteiger partial charge is 0.459 e. The number of nitrogens with zero attached hydrogens (tertiary/aromatic N) is 2. The van der Waals surface area contributed by atoms with E-state index < -0.39 is 60.6 Å². The average molecular weight is 493 g/mol. The average Bonchev–Trinajstić information content (AvgIpc) is 2.87. The van der Waals surface area contributed by atoms with Gasteiger partial charge in [0.15, 0.2) is 0 Å². The molecule has 11 nitrogen and oxygen atoms in total. The van der Waals surface area contributed by atoms with E-state index in [9.17, 15) is 34.2 Å². The molecule has 1 saturated heterocycles. The van der Waals surface area contributed by atoms with Crippen molar-refractivity contribution in [3.05, 3.63) is 35.4 Å². The van der Waals surface area contributed by atoms with E-state index >= 15 is 0 Å². The molecule has 0 bridgehead atoms. The first-order chi connectivity index (χ1) is 16.5. The number of hydrogen-bond donors (Lipinski definition) is 2. The van der Waals surface area contributed by atoms with Crippen LogP contribution in [0.3, 0.4) is 0 Å². The van der Waals surface area contributed by atoms with Crippen LogP contribution in [0.1, 0.15) is 60.7 Å². The number of aliphatic hydroxyl groups is 2. The third-order valence-electron chi connectivity index (χ3n) is 6.13. The van der Waals surface area contributed by atoms with Crippen LogP contribution < -0.4 is 0 Å². The maximum Gasteiger partial charge on any atom is 0.338 e. The van der Waals surface area contributed by atoms with E-state index in [0.29, 0.717) is 6.42 Å². The van der Waals surface area contributed by atoms with Gasteiger partial charge in [-0.15, -0.1) is 0 Å². The molecule has 0 aliphatic carbocycles. The van der Waals surface area contributed by atoms with E-state index in [2.05, 4.69) is 0 Å². The Morgan fingerprint density at radius 1 is 0.857 bits per heavy atom. The van der Waals surface area contributed by atoms with Crippen LogP contribution >= 0.6 is 0 Å². The molecule has 0 saturated carbocycles. The first-order valence-electron chi connectivity index (χ1n) is 11.5. The lowest BCUT2D eigenvalue weighted by molar-refractivity contribution is -0.159. The third kappa shape index (κ3) is 6.04. The number of esters is 2. The van der Waals surface area contributed by atoms with Gasteiger partial charge in [0.25, 0.3) is 0 Å². The van der Waals surface area contributed by atoms with Crippen molar-refractivity contribution in [2.45, 2.75) is 52.2 Å². The van der Waals surface area contributed by atoms with Crippen LogP contribution in [-0.4, -0.2) is 88.8 Å². The zero-order chi connectivity index (χ0) is 26.3. The Morgan fingerprint density at radius 2 is 1.31 bits per heavy atom. The molecule has 1 aliphatic rings. The zero-order valence-electron chi connectivity index (χ0n) is 20.4. The molecule has 35 heavy (non-hydrogen) atoms. The maximum atomic E-state index is 12.9. The highest BCUT2D eigenvalue weighted by Crippen LogP contribution is 2.35. The molecule has 1 aromatic carbocycles. The summed E-state index contributed by atoms with van der Waals surface area (Å²) in [5.74, 6) is -2.70. The molecule has 4 amide bonds. The molecule has 1 fully saturated rings. The molecule has 2 N–H and O–H groups in total. The molecule has 1 heterocycles. The van der Waals surface area contributed by atoms with Crippen LogP contribution in [0.4, 0.5) is 4.79 Å². The van der Waals surface area contributed by atoms with Gasteiger partial charge < -0.3 is 19.7 Å². The van der Waals surface area contributed by atoms with Gasteiger partial charge in [-0.2, -0.15) is 0 Å². The monoisotopic (exact) mass is 492 g/mol. The summed E-state index contributed by atoms with van der Waals surface area (Å²) in [6.07, 6.45) is -1.29. The Labute approximate surface area is 203 Å². The third-order valence-corrected chi connectivity index (χ3v) is 6.13. The number of β-amino-alcohol motifs (C(OH)–C–C–N with tert-alkyl or cyclic N) is 1. The second-order valence-corrected chi connectivity index (χ2v) is 8.34. The second kappa shape index (κ2) is 11.9. The zero-order valence-corrected chi connectivity index (χ0v) is 20.4. The summed E-state index contributed by atoms with van der Waals surface area (Å²) in [5, 5.41) is 19.8. The number of ether oxygens (including phenoxy) is 2. The van der Waals surface area contributed by atoms with Gasteiger partial charge in [0.2, 0.25) is 11.8 Å². The number of imide groups is 2. The van der Waals surface area contributed by atoms with Crippen LogP contribution in [0.5, 0.6) is 0 Å². The Morgan fingerprint density at radius 3 is 1.74 bits per heavy atom. The van der Waals surface area contributed by atoms with Gasteiger partial charge in [0.1, 0.15) is 24.7 Å². The summed E-state index contributed by atoms with van der Waals surface area (Å²) in [5.41, 5.74) is -1.09. The van der Waals surface area contributed by atoms with E-state index in [-0.39, 0.29) is 30.6 Å². The molecule has 2 atom stereocenters. The van der Waals surface area contributed by atoms with Crippen molar-refractivity contribution in [2.24, 2.45) is 5.41 Å². The summed E-state index contributed by atoms with van der Waals surface area (Å²) in [6.45, 7) is 4.02. The Hall–Kier alpha value is -3.31. The van der Waals surface area contributed by atoms with Crippen LogP contribution in [0, 0.1) is 5.41 Å². The van der Waals surface area contributed by atoms with E-state index in [4.69, 9.17) is 9.47 Å². The van der Waals surface area contributed by atoms with E-state index in [1.807, 2.05) is 0 Å². The highest BCUT2D eigenvalue weighted by atomic mass is 16.5. The number of carbonyl (C=O) groups is 5. The topological polar surface area (TPSA) is 151 Å². The number of aliphatic hydroxyl groups excluding tert-OH is 2. The Bertz CT molecular complexity index is 956. The fourth-order valence-corrected chi connectivity index (χ4v) is 3.68. The highest BCUT2D eigenvalue weighted by molar-refractivity contribution is 6.18. The van der Waals surface area contributed by atoms with Crippen LogP contribution in [0.25, 0.3) is 0 Å². The second-order valence-electron chi connectivity index (χ2n) is 8.34. The molecule has 0 aromatic heterocycles. The normalized spacial score (nSPS) is 17.3. The predicted molar refractivity (Wildman–Crippen MR) is 122 cm³/mol. The molecule has 1 aliphatic heterocycles. The van der Waals surface area contributed by atoms with Crippen LogP contribution in [0.15, 0.2) is 24.3 Å². The molecule has 2 rings (SSSR count). The number of rotatable bonds is 11. The van der Waals surface area contributed by atoms with E-state index in [0.717, 1.165) is 9.80 Å². The number of urea groups is 1. The van der Waals surface area contributed by atoms with Crippen molar-refractivity contribution < 1.29 is 43.7 Å². The molecule has 1 aromatic rings. The van der Waals surface area contributed by atoms with Gasteiger partial charge in [0.05, 0.1) is 23.8 Å². The molecule has 0 spiro atoms. The molecular formula is C24H32N2O9. The SMILES string of the molecule is CCC(O)COC(=O)c1ccc(C(=O)OCC(O)CN2C(=O)N(C)C(=O)C(CC)(CC)C2=O)cc1. The van der Waals surface area contributed by atoms with Crippen molar-refractivity contribution in [2.75, 3.05) is 26.8 Å². The minimum Gasteiger partial charge on any atom is -0.459 e. The lowest BCUT2D eigenvalue weighted by Crippen LogP contribution is -2.65. The van der Waals surface area contributed by atoms with Crippen molar-refractivity contribution in [1.29, 1.82) is 0 Å². The number of benzene rings is 1. The smallest absolute Gasteiger partial charge is 0.338 e. The lowest BCUT2D eigenvalue weighted by Gasteiger charge is -2.42. The molecule has 11 heteroatoms. The lowest BCUT2D eigenvalue weighted by atomic mass is 9.78. The highest BCUT2D eigenvalue weighted by Gasteiger charge is 2.54. The van der Waals surface area contributed by atoms with Gasteiger partial charge in [-0.1, -0.05) is 20.8 Å². The Kier molecular flexibility index (Phi) is 9.49. The fourth-order valence-electron chi connectivity index (χ4n) is 3.68. The van der Waals surface area contributed by atoms with Gasteiger partial charge >= 0.3 is 18.0 Å². The summed E-state index contributed by atoms with van der Waals surface area (Å²) in [7, 11) is 1.28. The minimum atomic E-state index is -1.38. The quantitative estimate of drug-likeness (QED) is 0.345. The summed E-state index contributed by atoms with van der Waals surface area (Å²) in [4.78, 5) is 64.0. The molecule has 0 radical (unpaired) electrons. The number of barbiturate groups is 1. The number of carbonyl (C=O) groups excluding carboxylic acids is 5. The molecule has 192 valence electrons. The van der Waals surface area contributed by atoms with E-state index in [1.54, 1.807) is 20.8 Å². The molecule has 2 unspecified atom stereocenters. The van der Waals surface area contributed by atoms with Crippen molar-refractivity contribution in [3.8, 4) is 0 Å². The van der Waals surface area contributed by atoms with Gasteiger partial charge in [0, 0.05) is 7.05 Å². The fraction of sp³-hybridized carbons (Fsp3) is 0.542. The maximum absolute atomic E-state index is 12.9. The Balaban J connectivity index is 1.96. The summed E-state index contributed by atoms with van der Waals surface area (Å²) >= 11 is 0. The number of amides is 4. The van der Waals surface area contributed by atoms with Crippen LogP contribution in [-0.2, 0) is 19.1 Å². The van der Waals surface area contributed by atoms with E-state index in [1.165, 1.54) is 31.3 Å². The first-order valence-corrected chi connectivity index (χ1v) is 11.5. The minimum absolute atomic E-state index is 0.105. The first kappa shape index (κ1) is 27.9. The van der Waals surface area contributed by atoms with Crippen LogP contribution in [0.2, 0.25) is 0 Å². The summed E-state index contributed by atoms with van der Waals surface area (Å²) < 4.78 is 10.1. The number of hydrogen-bond acceptors (Lipinski definition) is 9. The van der Waals surface area contributed by atoms with Crippen molar-refractivity contribution >= 4 is 29.8 Å². The molecular weight excluding hydrogens is 460 g/mol.